The van der Waals surface area contributed by atoms with Crippen LogP contribution in [-0.2, 0) is 17.7 Å². The Hall–Kier alpha value is -1.13. The molecule has 0 amide bonds. The van der Waals surface area contributed by atoms with Gasteiger partial charge < -0.3 is 9.30 Å². The second-order valence-electron chi connectivity index (χ2n) is 5.27. The molecule has 0 spiro atoms. The average Bonchev–Trinajstić information content (AvgIpc) is 2.78. The molecular weight excluding hydrogens is 279 g/mol. The van der Waals surface area contributed by atoms with E-state index in [1.807, 2.05) is 0 Å². The van der Waals surface area contributed by atoms with Crippen molar-refractivity contribution in [3.8, 4) is 0 Å². The van der Waals surface area contributed by atoms with Crippen LogP contribution in [0.5, 0.6) is 0 Å². The molecule has 0 N–H and O–H groups in total. The third-order valence-corrected chi connectivity index (χ3v) is 4.08. The second kappa shape index (κ2) is 6.10. The summed E-state index contributed by atoms with van der Waals surface area (Å²) in [6.07, 6.45) is 2.81. The first-order valence-corrected chi connectivity index (χ1v) is 7.60. The summed E-state index contributed by atoms with van der Waals surface area (Å²) in [7, 11) is 0. The lowest BCUT2D eigenvalue weighted by atomic mass is 10.0. The van der Waals surface area contributed by atoms with Crippen LogP contribution in [0.1, 0.15) is 18.7 Å². The highest BCUT2D eigenvalue weighted by Gasteiger charge is 2.18. The molecule has 1 aromatic heterocycles. The van der Waals surface area contributed by atoms with Crippen molar-refractivity contribution < 1.29 is 9.13 Å². The third-order valence-electron chi connectivity index (χ3n) is 3.89. The molecular formula is C15H18ClFN2O. The van der Waals surface area contributed by atoms with Gasteiger partial charge >= 0.3 is 0 Å². The van der Waals surface area contributed by atoms with E-state index in [9.17, 15) is 4.39 Å². The normalized spacial score (nSPS) is 16.9. The highest BCUT2D eigenvalue weighted by atomic mass is 35.5. The molecule has 0 unspecified atom stereocenters. The lowest BCUT2D eigenvalue weighted by Crippen LogP contribution is -2.21. The Morgan fingerprint density at radius 2 is 2.15 bits per heavy atom. The van der Waals surface area contributed by atoms with Crippen LogP contribution in [0.2, 0.25) is 0 Å². The van der Waals surface area contributed by atoms with Crippen LogP contribution in [0.4, 0.5) is 4.39 Å². The molecule has 0 aliphatic carbocycles. The van der Waals surface area contributed by atoms with E-state index >= 15 is 0 Å². The number of alkyl halides is 1. The van der Waals surface area contributed by atoms with E-state index in [0.717, 1.165) is 49.5 Å². The zero-order chi connectivity index (χ0) is 13.9. The Balaban J connectivity index is 1.96. The number of rotatable bonds is 4. The van der Waals surface area contributed by atoms with Crippen LogP contribution >= 0.6 is 11.6 Å². The van der Waals surface area contributed by atoms with Crippen molar-refractivity contribution in [2.24, 2.45) is 5.92 Å². The van der Waals surface area contributed by atoms with Gasteiger partial charge in [0, 0.05) is 32.1 Å². The Morgan fingerprint density at radius 3 is 2.90 bits per heavy atom. The second-order valence-corrected chi connectivity index (χ2v) is 5.64. The molecule has 108 valence electrons. The lowest BCUT2D eigenvalue weighted by Gasteiger charge is -2.23. The van der Waals surface area contributed by atoms with Crippen LogP contribution in [-0.4, -0.2) is 28.6 Å². The summed E-state index contributed by atoms with van der Waals surface area (Å²) >= 11 is 5.86. The van der Waals surface area contributed by atoms with E-state index in [2.05, 4.69) is 9.55 Å². The van der Waals surface area contributed by atoms with Crippen LogP contribution in [0.25, 0.3) is 11.0 Å². The zero-order valence-corrected chi connectivity index (χ0v) is 12.1. The van der Waals surface area contributed by atoms with Gasteiger partial charge in [-0.3, -0.25) is 0 Å². The van der Waals surface area contributed by atoms with Gasteiger partial charge in [-0.15, -0.1) is 11.6 Å². The molecule has 2 heterocycles. The molecule has 1 saturated heterocycles. The maximum absolute atomic E-state index is 13.5. The Kier molecular flexibility index (Phi) is 4.22. The van der Waals surface area contributed by atoms with E-state index < -0.39 is 0 Å². The summed E-state index contributed by atoms with van der Waals surface area (Å²) in [5.74, 6) is 1.83. The number of benzene rings is 1. The number of halogens is 2. The predicted molar refractivity (Wildman–Crippen MR) is 77.7 cm³/mol. The first-order chi connectivity index (χ1) is 9.78. The number of hydrogen-bond donors (Lipinski definition) is 0. The van der Waals surface area contributed by atoms with Gasteiger partial charge in [0.15, 0.2) is 0 Å². The molecule has 1 aromatic carbocycles. The number of hydrogen-bond acceptors (Lipinski definition) is 2. The first kappa shape index (κ1) is 13.8. The number of nitrogens with zero attached hydrogens (tertiary/aromatic N) is 2. The largest absolute Gasteiger partial charge is 0.381 e. The van der Waals surface area contributed by atoms with Crippen molar-refractivity contribution in [2.45, 2.75) is 25.8 Å². The summed E-state index contributed by atoms with van der Waals surface area (Å²) in [5, 5.41) is 0. The van der Waals surface area contributed by atoms with E-state index in [-0.39, 0.29) is 5.82 Å². The molecule has 0 radical (unpaired) electrons. The minimum Gasteiger partial charge on any atom is -0.381 e. The van der Waals surface area contributed by atoms with Gasteiger partial charge in [-0.05, 0) is 37.0 Å². The lowest BCUT2D eigenvalue weighted by molar-refractivity contribution is 0.0613. The van der Waals surface area contributed by atoms with Crippen molar-refractivity contribution in [1.82, 2.24) is 9.55 Å². The Labute approximate surface area is 122 Å². The highest BCUT2D eigenvalue weighted by molar-refractivity contribution is 6.17. The number of fused-ring (bicyclic) bond motifs is 1. The van der Waals surface area contributed by atoms with Crippen molar-refractivity contribution >= 4 is 22.6 Å². The van der Waals surface area contributed by atoms with Gasteiger partial charge in [0.25, 0.3) is 0 Å². The van der Waals surface area contributed by atoms with Gasteiger partial charge in [-0.2, -0.15) is 0 Å². The molecule has 1 fully saturated rings. The SMILES string of the molecule is Fc1ccc2nc(CCCl)n(CC3CCOCC3)c2c1. The van der Waals surface area contributed by atoms with Crippen molar-refractivity contribution in [3.05, 3.63) is 29.8 Å². The van der Waals surface area contributed by atoms with Crippen LogP contribution < -0.4 is 0 Å². The molecule has 1 aliphatic heterocycles. The zero-order valence-electron chi connectivity index (χ0n) is 11.3. The number of aryl methyl sites for hydroxylation is 1. The number of ether oxygens (including phenoxy) is 1. The van der Waals surface area contributed by atoms with E-state index in [1.54, 1.807) is 12.1 Å². The molecule has 0 atom stereocenters. The predicted octanol–water partition coefficient (Wildman–Crippen LogP) is 3.38. The quantitative estimate of drug-likeness (QED) is 0.809. The smallest absolute Gasteiger partial charge is 0.125 e. The number of imidazole rings is 1. The molecule has 0 saturated carbocycles. The fraction of sp³-hybridized carbons (Fsp3) is 0.533. The summed E-state index contributed by atoms with van der Waals surface area (Å²) in [4.78, 5) is 4.59. The van der Waals surface area contributed by atoms with Crippen molar-refractivity contribution in [3.63, 3.8) is 0 Å². The fourth-order valence-corrected chi connectivity index (χ4v) is 2.98. The van der Waals surface area contributed by atoms with Gasteiger partial charge in [0.2, 0.25) is 0 Å². The molecule has 2 aromatic rings. The van der Waals surface area contributed by atoms with Crippen LogP contribution in [0.3, 0.4) is 0 Å². The van der Waals surface area contributed by atoms with Gasteiger partial charge in [-0.25, -0.2) is 9.37 Å². The Bertz CT molecular complexity index is 593. The standard InChI is InChI=1S/C15H18ClFN2O/c16-6-3-15-18-13-2-1-12(17)9-14(13)19(15)10-11-4-7-20-8-5-11/h1-2,9,11H,3-8,10H2. The highest BCUT2D eigenvalue weighted by Crippen LogP contribution is 2.23. The monoisotopic (exact) mass is 296 g/mol. The molecule has 3 nitrogen and oxygen atoms in total. The van der Waals surface area contributed by atoms with Crippen molar-refractivity contribution in [1.29, 1.82) is 0 Å². The number of aromatic nitrogens is 2. The Morgan fingerprint density at radius 1 is 1.35 bits per heavy atom. The van der Waals surface area contributed by atoms with Crippen LogP contribution in [0.15, 0.2) is 18.2 Å². The molecule has 20 heavy (non-hydrogen) atoms. The minimum atomic E-state index is -0.219. The molecule has 3 rings (SSSR count). The summed E-state index contributed by atoms with van der Waals surface area (Å²) in [6.45, 7) is 2.50. The summed E-state index contributed by atoms with van der Waals surface area (Å²) in [5.41, 5.74) is 1.72. The maximum Gasteiger partial charge on any atom is 0.125 e. The van der Waals surface area contributed by atoms with Gasteiger partial charge in [0.1, 0.15) is 11.6 Å². The minimum absolute atomic E-state index is 0.219. The van der Waals surface area contributed by atoms with E-state index in [1.165, 1.54) is 6.07 Å². The van der Waals surface area contributed by atoms with Gasteiger partial charge in [-0.1, -0.05) is 0 Å². The molecule has 0 bridgehead atoms. The summed E-state index contributed by atoms with van der Waals surface area (Å²) < 4.78 is 21.0. The molecule has 5 heteroatoms. The average molecular weight is 297 g/mol. The van der Waals surface area contributed by atoms with Gasteiger partial charge in [0.05, 0.1) is 11.0 Å². The third kappa shape index (κ3) is 2.81. The fourth-order valence-electron chi connectivity index (χ4n) is 2.81. The maximum atomic E-state index is 13.5. The van der Waals surface area contributed by atoms with E-state index in [0.29, 0.717) is 18.2 Å². The topological polar surface area (TPSA) is 27.1 Å². The van der Waals surface area contributed by atoms with E-state index in [4.69, 9.17) is 16.3 Å². The van der Waals surface area contributed by atoms with Crippen LogP contribution in [0, 0.1) is 11.7 Å². The first-order valence-electron chi connectivity index (χ1n) is 7.06. The molecule has 1 aliphatic rings. The van der Waals surface area contributed by atoms with Crippen molar-refractivity contribution in [2.75, 3.05) is 19.1 Å². The summed E-state index contributed by atoms with van der Waals surface area (Å²) in [6, 6.07) is 4.76.